The summed E-state index contributed by atoms with van der Waals surface area (Å²) in [5, 5.41) is 3.79. The SMILES string of the molecule is CCNC(c1cc(Br)cc2c1OCC2)C1(CC)CCCC1. The van der Waals surface area contributed by atoms with Crippen LogP contribution in [0.1, 0.15) is 63.1 Å². The molecule has 1 saturated carbocycles. The van der Waals surface area contributed by atoms with E-state index in [1.54, 1.807) is 0 Å². The summed E-state index contributed by atoms with van der Waals surface area (Å²) in [5.74, 6) is 1.16. The second-order valence-corrected chi connectivity index (χ2v) is 7.41. The van der Waals surface area contributed by atoms with E-state index < -0.39 is 0 Å². The molecule has 1 unspecified atom stereocenters. The van der Waals surface area contributed by atoms with Crippen LogP contribution in [0.5, 0.6) is 5.75 Å². The zero-order chi connectivity index (χ0) is 14.9. The van der Waals surface area contributed by atoms with Gasteiger partial charge < -0.3 is 10.1 Å². The minimum Gasteiger partial charge on any atom is -0.493 e. The van der Waals surface area contributed by atoms with Crippen LogP contribution in [0.4, 0.5) is 0 Å². The molecule has 1 heterocycles. The molecule has 3 heteroatoms. The molecule has 1 aliphatic heterocycles. The van der Waals surface area contributed by atoms with Crippen LogP contribution < -0.4 is 10.1 Å². The molecule has 1 aromatic rings. The first-order valence-corrected chi connectivity index (χ1v) is 9.18. The van der Waals surface area contributed by atoms with Gasteiger partial charge in [-0.3, -0.25) is 0 Å². The highest BCUT2D eigenvalue weighted by atomic mass is 79.9. The molecule has 0 amide bonds. The lowest BCUT2D eigenvalue weighted by Gasteiger charge is -2.38. The molecule has 2 aliphatic rings. The Hall–Kier alpha value is -0.540. The topological polar surface area (TPSA) is 21.3 Å². The Morgan fingerprint density at radius 3 is 2.71 bits per heavy atom. The molecule has 0 saturated heterocycles. The van der Waals surface area contributed by atoms with Crippen LogP contribution in [0.2, 0.25) is 0 Å². The average Bonchev–Trinajstić information content (AvgIpc) is 3.13. The van der Waals surface area contributed by atoms with Gasteiger partial charge in [0.15, 0.2) is 0 Å². The van der Waals surface area contributed by atoms with Gasteiger partial charge in [-0.25, -0.2) is 0 Å². The van der Waals surface area contributed by atoms with Crippen LogP contribution in [0.25, 0.3) is 0 Å². The molecule has 1 aromatic carbocycles. The lowest BCUT2D eigenvalue weighted by Crippen LogP contribution is -2.36. The minimum absolute atomic E-state index is 0.399. The van der Waals surface area contributed by atoms with Crippen LogP contribution in [0, 0.1) is 5.41 Å². The van der Waals surface area contributed by atoms with Gasteiger partial charge in [-0.15, -0.1) is 0 Å². The van der Waals surface area contributed by atoms with E-state index in [4.69, 9.17) is 4.74 Å². The van der Waals surface area contributed by atoms with Crippen molar-refractivity contribution in [3.63, 3.8) is 0 Å². The third kappa shape index (κ3) is 2.75. The average molecular weight is 352 g/mol. The van der Waals surface area contributed by atoms with Gasteiger partial charge >= 0.3 is 0 Å². The molecule has 3 rings (SSSR count). The smallest absolute Gasteiger partial charge is 0.127 e. The van der Waals surface area contributed by atoms with Gasteiger partial charge in [0.1, 0.15) is 5.75 Å². The molecule has 2 nitrogen and oxygen atoms in total. The number of benzene rings is 1. The second-order valence-electron chi connectivity index (χ2n) is 6.50. The normalized spacial score (nSPS) is 21.1. The first-order valence-electron chi connectivity index (χ1n) is 8.38. The maximum atomic E-state index is 6.00. The van der Waals surface area contributed by atoms with E-state index in [0.717, 1.165) is 25.3 Å². The fraction of sp³-hybridized carbons (Fsp3) is 0.667. The molecular weight excluding hydrogens is 326 g/mol. The zero-order valence-electron chi connectivity index (χ0n) is 13.2. The third-order valence-electron chi connectivity index (χ3n) is 5.41. The Bertz CT molecular complexity index is 508. The molecule has 0 spiro atoms. The van der Waals surface area contributed by atoms with Crippen molar-refractivity contribution in [2.24, 2.45) is 5.41 Å². The van der Waals surface area contributed by atoms with Crippen molar-refractivity contribution >= 4 is 15.9 Å². The Labute approximate surface area is 136 Å². The van der Waals surface area contributed by atoms with E-state index >= 15 is 0 Å². The Morgan fingerprint density at radius 2 is 2.05 bits per heavy atom. The number of ether oxygens (including phenoxy) is 1. The number of hydrogen-bond donors (Lipinski definition) is 1. The Balaban J connectivity index is 2.05. The number of halogens is 1. The number of hydrogen-bond acceptors (Lipinski definition) is 2. The van der Waals surface area contributed by atoms with Gasteiger partial charge in [-0.05, 0) is 48.9 Å². The Kier molecular flexibility index (Phi) is 4.60. The molecule has 0 radical (unpaired) electrons. The van der Waals surface area contributed by atoms with Crippen LogP contribution in [-0.4, -0.2) is 13.2 Å². The van der Waals surface area contributed by atoms with E-state index in [1.807, 2.05) is 0 Å². The molecule has 1 aliphatic carbocycles. The van der Waals surface area contributed by atoms with Crippen molar-refractivity contribution in [2.75, 3.05) is 13.2 Å². The van der Waals surface area contributed by atoms with Crippen molar-refractivity contribution in [1.82, 2.24) is 5.32 Å². The monoisotopic (exact) mass is 351 g/mol. The summed E-state index contributed by atoms with van der Waals surface area (Å²) in [5.41, 5.74) is 3.14. The third-order valence-corrected chi connectivity index (χ3v) is 5.87. The highest BCUT2D eigenvalue weighted by Gasteiger charge is 2.42. The van der Waals surface area contributed by atoms with Crippen LogP contribution in [0.15, 0.2) is 16.6 Å². The molecule has 116 valence electrons. The van der Waals surface area contributed by atoms with E-state index in [9.17, 15) is 0 Å². The van der Waals surface area contributed by atoms with Crippen molar-refractivity contribution in [3.05, 3.63) is 27.7 Å². The predicted octanol–water partition coefficient (Wildman–Crippen LogP) is 5.01. The Morgan fingerprint density at radius 1 is 1.29 bits per heavy atom. The summed E-state index contributed by atoms with van der Waals surface area (Å²) in [6.45, 7) is 6.41. The molecule has 1 fully saturated rings. The van der Waals surface area contributed by atoms with Crippen molar-refractivity contribution in [3.8, 4) is 5.75 Å². The van der Waals surface area contributed by atoms with Crippen LogP contribution >= 0.6 is 15.9 Å². The summed E-state index contributed by atoms with van der Waals surface area (Å²) in [6.07, 6.45) is 7.69. The fourth-order valence-corrected chi connectivity index (χ4v) is 4.82. The number of rotatable bonds is 5. The van der Waals surface area contributed by atoms with E-state index in [-0.39, 0.29) is 0 Å². The maximum absolute atomic E-state index is 6.00. The molecule has 1 atom stereocenters. The fourth-order valence-electron chi connectivity index (χ4n) is 4.30. The highest BCUT2D eigenvalue weighted by molar-refractivity contribution is 9.10. The molecule has 0 bridgehead atoms. The van der Waals surface area contributed by atoms with E-state index in [2.05, 4.69) is 47.2 Å². The first kappa shape index (κ1) is 15.4. The predicted molar refractivity (Wildman–Crippen MR) is 91.0 cm³/mol. The lowest BCUT2D eigenvalue weighted by molar-refractivity contribution is 0.185. The second kappa shape index (κ2) is 6.29. The number of fused-ring (bicyclic) bond motifs is 1. The van der Waals surface area contributed by atoms with Crippen molar-refractivity contribution in [2.45, 2.75) is 58.4 Å². The minimum atomic E-state index is 0.399. The summed E-state index contributed by atoms with van der Waals surface area (Å²) < 4.78 is 7.19. The number of nitrogens with one attached hydrogen (secondary N) is 1. The maximum Gasteiger partial charge on any atom is 0.127 e. The quantitative estimate of drug-likeness (QED) is 0.805. The summed E-state index contributed by atoms with van der Waals surface area (Å²) in [7, 11) is 0. The molecule has 0 aromatic heterocycles. The lowest BCUT2D eigenvalue weighted by atomic mass is 9.73. The first-order chi connectivity index (χ1) is 10.2. The molecule has 21 heavy (non-hydrogen) atoms. The van der Waals surface area contributed by atoms with Crippen molar-refractivity contribution in [1.29, 1.82) is 0 Å². The van der Waals surface area contributed by atoms with Crippen LogP contribution in [0.3, 0.4) is 0 Å². The summed E-state index contributed by atoms with van der Waals surface area (Å²) in [4.78, 5) is 0. The van der Waals surface area contributed by atoms with E-state index in [0.29, 0.717) is 11.5 Å². The van der Waals surface area contributed by atoms with E-state index in [1.165, 1.54) is 47.7 Å². The van der Waals surface area contributed by atoms with Gasteiger partial charge in [-0.2, -0.15) is 0 Å². The summed E-state index contributed by atoms with van der Waals surface area (Å²) in [6, 6.07) is 4.93. The summed E-state index contributed by atoms with van der Waals surface area (Å²) >= 11 is 3.70. The molecular formula is C18H26BrNO. The van der Waals surface area contributed by atoms with Gasteiger partial charge in [0, 0.05) is 22.5 Å². The van der Waals surface area contributed by atoms with Gasteiger partial charge in [0.25, 0.3) is 0 Å². The highest BCUT2D eigenvalue weighted by Crippen LogP contribution is 2.52. The van der Waals surface area contributed by atoms with Crippen molar-refractivity contribution < 1.29 is 4.74 Å². The zero-order valence-corrected chi connectivity index (χ0v) is 14.8. The standard InChI is InChI=1S/C18H26BrNO/c1-3-18(8-5-6-9-18)17(20-4-2)15-12-14(19)11-13-7-10-21-16(13)15/h11-12,17,20H,3-10H2,1-2H3. The van der Waals surface area contributed by atoms with Gasteiger partial charge in [0.05, 0.1) is 6.61 Å². The van der Waals surface area contributed by atoms with Gasteiger partial charge in [0.2, 0.25) is 0 Å². The van der Waals surface area contributed by atoms with Crippen LogP contribution in [-0.2, 0) is 6.42 Å². The largest absolute Gasteiger partial charge is 0.493 e. The van der Waals surface area contributed by atoms with Gasteiger partial charge in [-0.1, -0.05) is 42.6 Å². The molecule has 1 N–H and O–H groups in total.